The Morgan fingerprint density at radius 2 is 2.33 bits per heavy atom. The predicted molar refractivity (Wildman–Crippen MR) is 58.4 cm³/mol. The van der Waals surface area contributed by atoms with Crippen LogP contribution in [0.15, 0.2) is 11.8 Å². The number of thioether (sulfide) groups is 1. The Bertz CT molecular complexity index is 293. The van der Waals surface area contributed by atoms with Crippen molar-refractivity contribution in [2.24, 2.45) is 0 Å². The topological polar surface area (TPSA) is 69.6 Å². The number of likely N-dealkylation sites (N-methyl/N-ethyl adjacent to an activating group) is 1. The minimum absolute atomic E-state index is 0.0411. The smallest absolute Gasteiger partial charge is 0.290 e. The van der Waals surface area contributed by atoms with Crippen LogP contribution in [0.5, 0.6) is 0 Å². The van der Waals surface area contributed by atoms with Gasteiger partial charge in [0, 0.05) is 12.0 Å². The number of nitrogens with one attached hydrogen (secondary N) is 1. The molecule has 0 aromatic heterocycles. The van der Waals surface area contributed by atoms with Crippen LogP contribution in [0.1, 0.15) is 6.92 Å². The zero-order valence-corrected chi connectivity index (χ0v) is 9.45. The fourth-order valence-electron chi connectivity index (χ4n) is 1.56. The van der Waals surface area contributed by atoms with E-state index in [1.165, 1.54) is 5.57 Å². The molecule has 6 heteroatoms. The molecule has 0 aliphatic carbocycles. The predicted octanol–water partition coefficient (Wildman–Crippen LogP) is 0.0941. The van der Waals surface area contributed by atoms with Crippen LogP contribution in [0, 0.1) is 0 Å². The van der Waals surface area contributed by atoms with E-state index in [0.717, 1.165) is 5.75 Å². The van der Waals surface area contributed by atoms with Crippen LogP contribution < -0.4 is 5.32 Å². The van der Waals surface area contributed by atoms with E-state index < -0.39 is 0 Å². The number of hydrogen-bond acceptors (Lipinski definition) is 4. The van der Waals surface area contributed by atoms with E-state index in [2.05, 4.69) is 12.2 Å². The van der Waals surface area contributed by atoms with Gasteiger partial charge in [-0.25, -0.2) is 0 Å². The van der Waals surface area contributed by atoms with Crippen molar-refractivity contribution in [3.05, 3.63) is 11.8 Å². The second kappa shape index (κ2) is 5.18. The monoisotopic (exact) mass is 230 g/mol. The largest absolute Gasteiger partial charge is 0.483 e. The Morgan fingerprint density at radius 1 is 1.73 bits per heavy atom. The van der Waals surface area contributed by atoms with Crippen molar-refractivity contribution in [1.82, 2.24) is 10.2 Å². The lowest BCUT2D eigenvalue weighted by Crippen LogP contribution is -2.66. The molecule has 0 bridgehead atoms. The molecule has 15 heavy (non-hydrogen) atoms. The molecule has 1 fully saturated rings. The number of rotatable bonds is 1. The number of β-lactam (4-membered cyclic amide) rings is 1. The summed E-state index contributed by atoms with van der Waals surface area (Å²) >= 11 is 1.83. The van der Waals surface area contributed by atoms with Gasteiger partial charge in [0.1, 0.15) is 11.4 Å². The van der Waals surface area contributed by atoms with Gasteiger partial charge in [-0.3, -0.25) is 9.59 Å². The van der Waals surface area contributed by atoms with Crippen molar-refractivity contribution in [2.75, 3.05) is 12.8 Å². The van der Waals surface area contributed by atoms with Gasteiger partial charge in [-0.05, 0) is 19.5 Å². The number of carbonyl (C=O) groups is 2. The Kier molecular flexibility index (Phi) is 4.16. The van der Waals surface area contributed by atoms with Gasteiger partial charge in [0.15, 0.2) is 0 Å². The quantitative estimate of drug-likeness (QED) is 0.493. The van der Waals surface area contributed by atoms with Crippen LogP contribution in [0.4, 0.5) is 0 Å². The molecule has 2 atom stereocenters. The van der Waals surface area contributed by atoms with Gasteiger partial charge in [-0.1, -0.05) is 0 Å². The van der Waals surface area contributed by atoms with Crippen molar-refractivity contribution in [1.29, 1.82) is 0 Å². The fourth-order valence-corrected chi connectivity index (χ4v) is 2.84. The molecule has 84 valence electrons. The van der Waals surface area contributed by atoms with Crippen molar-refractivity contribution in [3.63, 3.8) is 0 Å². The highest BCUT2D eigenvalue weighted by Crippen LogP contribution is 2.35. The molecule has 0 aromatic rings. The van der Waals surface area contributed by atoms with E-state index in [1.807, 2.05) is 29.9 Å². The number of fused-ring (bicyclic) bond motifs is 1. The molecule has 1 saturated heterocycles. The van der Waals surface area contributed by atoms with Crippen LogP contribution in [0.3, 0.4) is 0 Å². The Hall–Kier alpha value is -1.01. The molecule has 0 radical (unpaired) electrons. The molecule has 1 amide bonds. The molecule has 0 saturated carbocycles. The normalized spacial score (nSPS) is 28.0. The summed E-state index contributed by atoms with van der Waals surface area (Å²) in [5.41, 5.74) is 1.28. The Morgan fingerprint density at radius 3 is 2.87 bits per heavy atom. The summed E-state index contributed by atoms with van der Waals surface area (Å²) in [6.07, 6.45) is 1.97. The zero-order chi connectivity index (χ0) is 11.4. The molecule has 2 heterocycles. The first-order chi connectivity index (χ1) is 7.15. The molecule has 2 aliphatic heterocycles. The van der Waals surface area contributed by atoms with Gasteiger partial charge in [-0.15, -0.1) is 11.8 Å². The van der Waals surface area contributed by atoms with Crippen molar-refractivity contribution in [2.45, 2.75) is 18.3 Å². The number of carboxylic acid groups (broad SMARTS) is 1. The molecule has 1 unspecified atom stereocenters. The van der Waals surface area contributed by atoms with E-state index in [9.17, 15) is 4.79 Å². The summed E-state index contributed by atoms with van der Waals surface area (Å²) in [4.78, 5) is 21.6. The SMILES string of the molecule is CN[C@@H]1C(=O)N2C=C(C)CSC12.O=CO. The van der Waals surface area contributed by atoms with Crippen molar-refractivity contribution in [3.8, 4) is 0 Å². The lowest BCUT2D eigenvalue weighted by atomic mass is 10.1. The number of carbonyl (C=O) groups excluding carboxylic acids is 1. The maximum atomic E-state index is 11.4. The summed E-state index contributed by atoms with van der Waals surface area (Å²) < 4.78 is 0. The first-order valence-electron chi connectivity index (χ1n) is 4.52. The van der Waals surface area contributed by atoms with Crippen LogP contribution in [0.2, 0.25) is 0 Å². The van der Waals surface area contributed by atoms with Gasteiger partial charge < -0.3 is 15.3 Å². The first-order valence-corrected chi connectivity index (χ1v) is 5.56. The van der Waals surface area contributed by atoms with E-state index >= 15 is 0 Å². The van der Waals surface area contributed by atoms with Gasteiger partial charge in [0.05, 0.1) is 0 Å². The summed E-state index contributed by atoms with van der Waals surface area (Å²) in [5, 5.41) is 10.3. The van der Waals surface area contributed by atoms with Crippen LogP contribution in [-0.4, -0.2) is 46.6 Å². The maximum Gasteiger partial charge on any atom is 0.290 e. The second-order valence-electron chi connectivity index (χ2n) is 3.29. The van der Waals surface area contributed by atoms with Gasteiger partial charge in [0.25, 0.3) is 6.47 Å². The van der Waals surface area contributed by atoms with E-state index in [-0.39, 0.29) is 18.4 Å². The number of nitrogens with zero attached hydrogens (tertiary/aromatic N) is 1. The van der Waals surface area contributed by atoms with E-state index in [0.29, 0.717) is 5.37 Å². The molecule has 0 spiro atoms. The highest BCUT2D eigenvalue weighted by Gasteiger charge is 2.47. The summed E-state index contributed by atoms with van der Waals surface area (Å²) in [6, 6.07) is 0.0411. The van der Waals surface area contributed by atoms with Crippen LogP contribution >= 0.6 is 11.8 Å². The molecular formula is C9H14N2O3S. The Labute approximate surface area is 92.5 Å². The van der Waals surface area contributed by atoms with Crippen molar-refractivity contribution < 1.29 is 14.7 Å². The third-order valence-electron chi connectivity index (χ3n) is 2.23. The lowest BCUT2D eigenvalue weighted by molar-refractivity contribution is -0.141. The van der Waals surface area contributed by atoms with E-state index in [4.69, 9.17) is 9.90 Å². The number of amides is 1. The molecule has 5 nitrogen and oxygen atoms in total. The average molecular weight is 230 g/mol. The first kappa shape index (κ1) is 12.1. The van der Waals surface area contributed by atoms with Crippen LogP contribution in [-0.2, 0) is 9.59 Å². The molecule has 2 N–H and O–H groups in total. The fraction of sp³-hybridized carbons (Fsp3) is 0.556. The highest BCUT2D eigenvalue weighted by molar-refractivity contribution is 8.00. The summed E-state index contributed by atoms with van der Waals surface area (Å²) in [7, 11) is 1.84. The Balaban J connectivity index is 0.000000337. The molecule has 0 aromatic carbocycles. The van der Waals surface area contributed by atoms with Gasteiger partial charge in [-0.2, -0.15) is 0 Å². The minimum atomic E-state index is -0.250. The molecular weight excluding hydrogens is 216 g/mol. The zero-order valence-electron chi connectivity index (χ0n) is 8.64. The molecule has 2 aliphatic rings. The summed E-state index contributed by atoms with van der Waals surface area (Å²) in [5.74, 6) is 1.25. The van der Waals surface area contributed by atoms with E-state index in [1.54, 1.807) is 0 Å². The van der Waals surface area contributed by atoms with Gasteiger partial charge in [0.2, 0.25) is 5.91 Å². The minimum Gasteiger partial charge on any atom is -0.483 e. The van der Waals surface area contributed by atoms with Crippen molar-refractivity contribution >= 4 is 24.1 Å². The van der Waals surface area contributed by atoms with Gasteiger partial charge >= 0.3 is 0 Å². The summed E-state index contributed by atoms with van der Waals surface area (Å²) in [6.45, 7) is 1.81. The van der Waals surface area contributed by atoms with Crippen LogP contribution in [0.25, 0.3) is 0 Å². The average Bonchev–Trinajstić information content (AvgIpc) is 2.21. The molecule has 2 rings (SSSR count). The lowest BCUT2D eigenvalue weighted by Gasteiger charge is -2.47. The second-order valence-corrected chi connectivity index (χ2v) is 4.40. The third kappa shape index (κ3) is 2.32. The third-order valence-corrected chi connectivity index (χ3v) is 3.69. The standard InChI is InChI=1S/C8H12N2OS.CH2O2/c1-5-3-10-7(11)6(9-2)8(10)12-4-5;2-1-3/h3,6,8-9H,4H2,1-2H3;1H,(H,2,3)/t6-,8?;/m1./s1. The maximum absolute atomic E-state index is 11.4. The number of hydrogen-bond donors (Lipinski definition) is 2. The highest BCUT2D eigenvalue weighted by atomic mass is 32.2.